The lowest BCUT2D eigenvalue weighted by molar-refractivity contribution is 0.962. The molecule has 0 aromatic heterocycles. The maximum absolute atomic E-state index is 4.07. The van der Waals surface area contributed by atoms with E-state index in [0.29, 0.717) is 0 Å². The monoisotopic (exact) mass is 183 g/mol. The summed E-state index contributed by atoms with van der Waals surface area (Å²) in [5.74, 6) is 0. The van der Waals surface area contributed by atoms with E-state index in [1.165, 1.54) is 22.4 Å². The van der Waals surface area contributed by atoms with Gasteiger partial charge in [0.15, 0.2) is 0 Å². The predicted octanol–water partition coefficient (Wildman–Crippen LogP) is 2.90. The lowest BCUT2D eigenvalue weighted by atomic mass is 10.00. The molecule has 0 spiro atoms. The Kier molecular flexibility index (Phi) is 1.41. The molecule has 1 heteroatoms. The third-order valence-corrected chi connectivity index (χ3v) is 3.21. The van der Waals surface area contributed by atoms with Crippen molar-refractivity contribution in [3.63, 3.8) is 0 Å². The van der Waals surface area contributed by atoms with Gasteiger partial charge in [0, 0.05) is 12.2 Å². The van der Waals surface area contributed by atoms with Crippen LogP contribution in [0.5, 0.6) is 0 Å². The van der Waals surface area contributed by atoms with E-state index in [9.17, 15) is 0 Å². The highest BCUT2D eigenvalue weighted by Gasteiger charge is 2.26. The van der Waals surface area contributed by atoms with Crippen molar-refractivity contribution in [1.29, 1.82) is 0 Å². The minimum Gasteiger partial charge on any atom is -0.341 e. The van der Waals surface area contributed by atoms with Crippen LogP contribution in [0.4, 0.5) is 5.69 Å². The van der Waals surface area contributed by atoms with Crippen LogP contribution in [0.2, 0.25) is 0 Å². The Balaban J connectivity index is 2.33. The van der Waals surface area contributed by atoms with Crippen LogP contribution in [0.1, 0.15) is 16.7 Å². The lowest BCUT2D eigenvalue weighted by Crippen LogP contribution is -2.20. The van der Waals surface area contributed by atoms with Crippen molar-refractivity contribution in [2.45, 2.75) is 13.3 Å². The maximum atomic E-state index is 4.07. The van der Waals surface area contributed by atoms with Crippen LogP contribution in [0.25, 0.3) is 6.08 Å². The number of allylic oxidation sites excluding steroid dienone is 1. The molecule has 2 aliphatic rings. The number of rotatable bonds is 0. The molecule has 0 fully saturated rings. The molecule has 0 saturated carbocycles. The van der Waals surface area contributed by atoms with Crippen LogP contribution in [0.15, 0.2) is 30.5 Å². The highest BCUT2D eigenvalue weighted by atomic mass is 15.2. The minimum absolute atomic E-state index is 1.09. The zero-order valence-corrected chi connectivity index (χ0v) is 8.38. The third-order valence-electron chi connectivity index (χ3n) is 3.21. The fourth-order valence-electron chi connectivity index (χ4n) is 2.42. The number of nitrogens with zero attached hydrogens (tertiary/aromatic N) is 1. The molecule has 70 valence electrons. The molecule has 2 aliphatic heterocycles. The molecule has 0 bridgehead atoms. The zero-order valence-electron chi connectivity index (χ0n) is 8.38. The van der Waals surface area contributed by atoms with Gasteiger partial charge in [-0.05, 0) is 36.1 Å². The first-order valence-corrected chi connectivity index (χ1v) is 5.04. The van der Waals surface area contributed by atoms with E-state index in [1.54, 1.807) is 0 Å². The molecule has 0 N–H and O–H groups in total. The van der Waals surface area contributed by atoms with Crippen LogP contribution in [-0.2, 0) is 6.42 Å². The molecule has 0 atom stereocenters. The van der Waals surface area contributed by atoms with E-state index in [2.05, 4.69) is 42.7 Å². The number of anilines is 1. The second-order valence-electron chi connectivity index (χ2n) is 4.03. The molecule has 1 aromatic carbocycles. The van der Waals surface area contributed by atoms with Crippen molar-refractivity contribution in [2.24, 2.45) is 0 Å². The highest BCUT2D eigenvalue weighted by molar-refractivity contribution is 5.81. The van der Waals surface area contributed by atoms with Crippen molar-refractivity contribution in [3.8, 4) is 0 Å². The first-order chi connectivity index (χ1) is 6.77. The van der Waals surface area contributed by atoms with Crippen molar-refractivity contribution >= 4 is 11.8 Å². The SMILES string of the molecule is C=C1C=Cc2ccc(C)c3c2N1CC3. The Hall–Kier alpha value is -1.50. The number of hydrogen-bond donors (Lipinski definition) is 0. The highest BCUT2D eigenvalue weighted by Crippen LogP contribution is 2.39. The van der Waals surface area contributed by atoms with E-state index in [0.717, 1.165) is 18.7 Å². The molecule has 14 heavy (non-hydrogen) atoms. The predicted molar refractivity (Wildman–Crippen MR) is 60.4 cm³/mol. The summed E-state index contributed by atoms with van der Waals surface area (Å²) in [5, 5.41) is 0. The summed E-state index contributed by atoms with van der Waals surface area (Å²) in [6, 6.07) is 4.42. The fraction of sp³-hybridized carbons (Fsp3) is 0.231. The molecular weight excluding hydrogens is 170 g/mol. The van der Waals surface area contributed by atoms with Crippen molar-refractivity contribution < 1.29 is 0 Å². The number of hydrogen-bond acceptors (Lipinski definition) is 1. The second-order valence-corrected chi connectivity index (χ2v) is 4.03. The van der Waals surface area contributed by atoms with Gasteiger partial charge in [0.25, 0.3) is 0 Å². The Morgan fingerprint density at radius 2 is 2.14 bits per heavy atom. The molecule has 0 amide bonds. The summed E-state index contributed by atoms with van der Waals surface area (Å²) < 4.78 is 0. The van der Waals surface area contributed by atoms with Gasteiger partial charge in [0.05, 0.1) is 5.69 Å². The summed E-state index contributed by atoms with van der Waals surface area (Å²) in [4.78, 5) is 2.33. The summed E-state index contributed by atoms with van der Waals surface area (Å²) in [5.41, 5.74) is 6.79. The van der Waals surface area contributed by atoms with E-state index >= 15 is 0 Å². The molecule has 1 nitrogen and oxygen atoms in total. The molecule has 0 aliphatic carbocycles. The Morgan fingerprint density at radius 3 is 3.00 bits per heavy atom. The van der Waals surface area contributed by atoms with Crippen LogP contribution in [0.3, 0.4) is 0 Å². The standard InChI is InChI=1S/C13H13N/c1-9-3-5-11-6-4-10(2)14-8-7-12(9)13(11)14/h3-6H,2,7-8H2,1H3. The van der Waals surface area contributed by atoms with E-state index in [4.69, 9.17) is 0 Å². The van der Waals surface area contributed by atoms with Crippen molar-refractivity contribution in [2.75, 3.05) is 11.4 Å². The van der Waals surface area contributed by atoms with E-state index in [1.807, 2.05) is 0 Å². The molecule has 0 saturated heterocycles. The third kappa shape index (κ3) is 0.844. The average molecular weight is 183 g/mol. The molecule has 2 heterocycles. The fourth-order valence-corrected chi connectivity index (χ4v) is 2.42. The van der Waals surface area contributed by atoms with Gasteiger partial charge >= 0.3 is 0 Å². The maximum Gasteiger partial charge on any atom is 0.0520 e. The Morgan fingerprint density at radius 1 is 1.29 bits per heavy atom. The van der Waals surface area contributed by atoms with Gasteiger partial charge in [-0.2, -0.15) is 0 Å². The van der Waals surface area contributed by atoms with E-state index in [-0.39, 0.29) is 0 Å². The summed E-state index contributed by atoms with van der Waals surface area (Å²) in [6.45, 7) is 7.36. The van der Waals surface area contributed by atoms with Crippen molar-refractivity contribution in [3.05, 3.63) is 47.2 Å². The number of aryl methyl sites for hydroxylation is 1. The topological polar surface area (TPSA) is 3.24 Å². The molecule has 3 rings (SSSR count). The second kappa shape index (κ2) is 2.50. The Labute approximate surface area is 84.4 Å². The molecular formula is C13H13N. The van der Waals surface area contributed by atoms with Crippen LogP contribution >= 0.6 is 0 Å². The van der Waals surface area contributed by atoms with Crippen molar-refractivity contribution in [1.82, 2.24) is 0 Å². The normalized spacial score (nSPS) is 17.5. The van der Waals surface area contributed by atoms with Crippen LogP contribution in [0, 0.1) is 6.92 Å². The zero-order chi connectivity index (χ0) is 9.71. The first-order valence-electron chi connectivity index (χ1n) is 5.04. The van der Waals surface area contributed by atoms with E-state index < -0.39 is 0 Å². The average Bonchev–Trinajstić information content (AvgIpc) is 2.62. The van der Waals surface area contributed by atoms with Gasteiger partial charge in [-0.1, -0.05) is 24.8 Å². The minimum atomic E-state index is 1.09. The van der Waals surface area contributed by atoms with Gasteiger partial charge in [-0.3, -0.25) is 0 Å². The Bertz CT molecular complexity index is 455. The molecule has 0 radical (unpaired) electrons. The summed E-state index contributed by atoms with van der Waals surface area (Å²) in [7, 11) is 0. The largest absolute Gasteiger partial charge is 0.341 e. The van der Waals surface area contributed by atoms with Crippen LogP contribution < -0.4 is 4.90 Å². The van der Waals surface area contributed by atoms with Gasteiger partial charge in [-0.25, -0.2) is 0 Å². The molecule has 1 aromatic rings. The first kappa shape index (κ1) is 7.86. The molecule has 0 unspecified atom stereocenters. The van der Waals surface area contributed by atoms with Gasteiger partial charge < -0.3 is 4.90 Å². The quantitative estimate of drug-likeness (QED) is 0.597. The smallest absolute Gasteiger partial charge is 0.0520 e. The van der Waals surface area contributed by atoms with Crippen LogP contribution in [-0.4, -0.2) is 6.54 Å². The number of benzene rings is 1. The lowest BCUT2D eigenvalue weighted by Gasteiger charge is -2.25. The van der Waals surface area contributed by atoms with Gasteiger partial charge in [0.2, 0.25) is 0 Å². The summed E-state index contributed by atoms with van der Waals surface area (Å²) in [6.07, 6.45) is 5.44. The summed E-state index contributed by atoms with van der Waals surface area (Å²) >= 11 is 0. The van der Waals surface area contributed by atoms with Gasteiger partial charge in [-0.15, -0.1) is 0 Å². The van der Waals surface area contributed by atoms with Gasteiger partial charge in [0.1, 0.15) is 0 Å².